The second-order valence-corrected chi connectivity index (χ2v) is 9.51. The van der Waals surface area contributed by atoms with Gasteiger partial charge in [-0.2, -0.15) is 0 Å². The van der Waals surface area contributed by atoms with Crippen LogP contribution in [0.4, 0.5) is 16.0 Å². The number of hydrogen-bond donors (Lipinski definition) is 1. The molecule has 2 aromatic heterocycles. The quantitative estimate of drug-likeness (QED) is 0.598. The monoisotopic (exact) mass is 449 g/mol. The number of anilines is 2. The second kappa shape index (κ2) is 8.86. The molecule has 0 radical (unpaired) electrons. The third kappa shape index (κ3) is 4.14. The number of rotatable bonds is 6. The summed E-state index contributed by atoms with van der Waals surface area (Å²) in [6, 6.07) is 10.6. The zero-order valence-corrected chi connectivity index (χ0v) is 19.5. The second-order valence-electron chi connectivity index (χ2n) is 9.51. The van der Waals surface area contributed by atoms with Crippen LogP contribution in [0, 0.1) is 6.92 Å². The Morgan fingerprint density at radius 3 is 2.61 bits per heavy atom. The van der Waals surface area contributed by atoms with Crippen LogP contribution in [0.15, 0.2) is 36.5 Å². The van der Waals surface area contributed by atoms with Gasteiger partial charge in [0, 0.05) is 32.1 Å². The van der Waals surface area contributed by atoms with Crippen molar-refractivity contribution in [1.29, 1.82) is 0 Å². The largest absolute Gasteiger partial charge is 0.395 e. The van der Waals surface area contributed by atoms with Gasteiger partial charge in [-0.1, -0.05) is 24.3 Å². The molecule has 0 amide bonds. The van der Waals surface area contributed by atoms with Crippen molar-refractivity contribution in [2.75, 3.05) is 43.1 Å². The molecule has 3 aromatic rings. The van der Waals surface area contributed by atoms with E-state index in [1.54, 1.807) is 6.20 Å². The molecule has 0 unspecified atom stereocenters. The van der Waals surface area contributed by atoms with Crippen LogP contribution in [0.3, 0.4) is 0 Å². The number of piperidine rings is 1. The van der Waals surface area contributed by atoms with Gasteiger partial charge in [0.25, 0.3) is 0 Å². The molecular formula is C26H32FN5O. The SMILES string of the molecule is Cc1ccccc1C1CCN(c2nc(C3(F)CCC3)nc3cnc(N(C)CCO)cc23)CC1. The van der Waals surface area contributed by atoms with Crippen LogP contribution in [0.25, 0.3) is 10.9 Å². The fourth-order valence-corrected chi connectivity index (χ4v) is 5.08. The normalized spacial score (nSPS) is 18.4. The number of aromatic nitrogens is 3. The summed E-state index contributed by atoms with van der Waals surface area (Å²) in [4.78, 5) is 18.1. The fourth-order valence-electron chi connectivity index (χ4n) is 5.08. The average Bonchev–Trinajstić information content (AvgIpc) is 2.82. The molecule has 33 heavy (non-hydrogen) atoms. The van der Waals surface area contributed by atoms with Crippen LogP contribution < -0.4 is 9.80 Å². The van der Waals surface area contributed by atoms with Gasteiger partial charge < -0.3 is 14.9 Å². The fraction of sp³-hybridized carbons (Fsp3) is 0.500. The molecule has 174 valence electrons. The van der Waals surface area contributed by atoms with Gasteiger partial charge in [0.1, 0.15) is 11.6 Å². The average molecular weight is 450 g/mol. The highest BCUT2D eigenvalue weighted by atomic mass is 19.1. The number of aliphatic hydroxyl groups excluding tert-OH is 1. The molecule has 1 aliphatic carbocycles. The predicted molar refractivity (Wildman–Crippen MR) is 130 cm³/mol. The molecule has 3 heterocycles. The smallest absolute Gasteiger partial charge is 0.170 e. The number of alkyl halides is 1. The maximum atomic E-state index is 15.3. The van der Waals surface area contributed by atoms with E-state index in [9.17, 15) is 5.11 Å². The number of aryl methyl sites for hydroxylation is 1. The zero-order chi connectivity index (χ0) is 23.0. The lowest BCUT2D eigenvalue weighted by Crippen LogP contribution is -2.36. The van der Waals surface area contributed by atoms with E-state index in [0.717, 1.165) is 49.4 Å². The summed E-state index contributed by atoms with van der Waals surface area (Å²) >= 11 is 0. The zero-order valence-electron chi connectivity index (χ0n) is 19.5. The van der Waals surface area contributed by atoms with E-state index in [2.05, 4.69) is 46.1 Å². The van der Waals surface area contributed by atoms with Crippen molar-refractivity contribution in [3.8, 4) is 0 Å². The molecule has 1 saturated heterocycles. The molecule has 0 atom stereocenters. The summed E-state index contributed by atoms with van der Waals surface area (Å²) < 4.78 is 15.3. The third-order valence-corrected chi connectivity index (χ3v) is 7.34. The van der Waals surface area contributed by atoms with E-state index >= 15 is 4.39 Å². The minimum Gasteiger partial charge on any atom is -0.395 e. The van der Waals surface area contributed by atoms with Crippen molar-refractivity contribution in [3.63, 3.8) is 0 Å². The Labute approximate surface area is 194 Å². The van der Waals surface area contributed by atoms with E-state index in [-0.39, 0.29) is 6.61 Å². The number of likely N-dealkylation sites (N-methyl/N-ethyl adjacent to an activating group) is 1. The predicted octanol–water partition coefficient (Wildman–Crippen LogP) is 4.49. The first-order valence-electron chi connectivity index (χ1n) is 12.0. The van der Waals surface area contributed by atoms with E-state index in [0.29, 0.717) is 36.6 Å². The third-order valence-electron chi connectivity index (χ3n) is 7.34. The van der Waals surface area contributed by atoms with E-state index < -0.39 is 5.67 Å². The lowest BCUT2D eigenvalue weighted by Gasteiger charge is -2.36. The molecular weight excluding hydrogens is 417 g/mol. The molecule has 0 spiro atoms. The number of pyridine rings is 1. The molecule has 1 N–H and O–H groups in total. The minimum absolute atomic E-state index is 0.0509. The summed E-state index contributed by atoms with van der Waals surface area (Å²) in [6.07, 6.45) is 5.63. The number of aliphatic hydroxyl groups is 1. The van der Waals surface area contributed by atoms with Gasteiger partial charge in [-0.05, 0) is 62.1 Å². The van der Waals surface area contributed by atoms with Crippen molar-refractivity contribution in [3.05, 3.63) is 53.5 Å². The number of halogens is 1. The number of fused-ring (bicyclic) bond motifs is 1. The van der Waals surface area contributed by atoms with Gasteiger partial charge in [-0.3, -0.25) is 0 Å². The Kier molecular flexibility index (Phi) is 5.91. The van der Waals surface area contributed by atoms with Crippen molar-refractivity contribution >= 4 is 22.5 Å². The van der Waals surface area contributed by atoms with Crippen LogP contribution in [0.2, 0.25) is 0 Å². The maximum Gasteiger partial charge on any atom is 0.170 e. The molecule has 1 aliphatic heterocycles. The lowest BCUT2D eigenvalue weighted by atomic mass is 9.81. The van der Waals surface area contributed by atoms with E-state index in [4.69, 9.17) is 4.98 Å². The summed E-state index contributed by atoms with van der Waals surface area (Å²) in [7, 11) is 1.90. The van der Waals surface area contributed by atoms with Crippen LogP contribution in [0.5, 0.6) is 0 Å². The van der Waals surface area contributed by atoms with Gasteiger partial charge in [-0.25, -0.2) is 19.3 Å². The molecule has 1 saturated carbocycles. The molecule has 7 heteroatoms. The first-order valence-corrected chi connectivity index (χ1v) is 12.0. The van der Waals surface area contributed by atoms with Crippen molar-refractivity contribution < 1.29 is 9.50 Å². The molecule has 1 aromatic carbocycles. The minimum atomic E-state index is -1.42. The Balaban J connectivity index is 1.50. The topological polar surface area (TPSA) is 65.4 Å². The standard InChI is InChI=1S/C26H32FN5O/c1-18-6-3-4-7-20(18)19-8-12-32(13-9-19)24-21-16-23(31(2)14-15-33)28-17-22(21)29-25(30-24)26(27)10-5-11-26/h3-4,6-7,16-17,19,33H,5,8-15H2,1-2H3. The number of benzene rings is 1. The molecule has 5 rings (SSSR count). The summed E-state index contributed by atoms with van der Waals surface area (Å²) in [6.45, 7) is 4.46. The summed E-state index contributed by atoms with van der Waals surface area (Å²) in [5, 5.41) is 10.2. The van der Waals surface area contributed by atoms with Gasteiger partial charge in [-0.15, -0.1) is 0 Å². The van der Waals surface area contributed by atoms with Crippen molar-refractivity contribution in [2.45, 2.75) is 50.6 Å². The highest BCUT2D eigenvalue weighted by molar-refractivity contribution is 5.91. The van der Waals surface area contributed by atoms with Gasteiger partial charge in [0.2, 0.25) is 0 Å². The van der Waals surface area contributed by atoms with E-state index in [1.165, 1.54) is 11.1 Å². The molecule has 2 fully saturated rings. The van der Waals surface area contributed by atoms with Gasteiger partial charge in [0.15, 0.2) is 11.5 Å². The van der Waals surface area contributed by atoms with Gasteiger partial charge >= 0.3 is 0 Å². The van der Waals surface area contributed by atoms with Crippen LogP contribution in [-0.2, 0) is 5.67 Å². The van der Waals surface area contributed by atoms with Crippen LogP contribution in [0.1, 0.15) is 55.0 Å². The van der Waals surface area contributed by atoms with Crippen molar-refractivity contribution in [1.82, 2.24) is 15.0 Å². The van der Waals surface area contributed by atoms with E-state index in [1.807, 2.05) is 18.0 Å². The molecule has 6 nitrogen and oxygen atoms in total. The highest BCUT2D eigenvalue weighted by Crippen LogP contribution is 2.45. The Morgan fingerprint density at radius 1 is 1.18 bits per heavy atom. The highest BCUT2D eigenvalue weighted by Gasteiger charge is 2.42. The van der Waals surface area contributed by atoms with Crippen LogP contribution >= 0.6 is 0 Å². The lowest BCUT2D eigenvalue weighted by molar-refractivity contribution is 0.0512. The van der Waals surface area contributed by atoms with Gasteiger partial charge in [0.05, 0.1) is 18.3 Å². The maximum absolute atomic E-state index is 15.3. The first-order chi connectivity index (χ1) is 16.0. The Morgan fingerprint density at radius 2 is 1.94 bits per heavy atom. The van der Waals surface area contributed by atoms with Crippen LogP contribution in [-0.4, -0.2) is 53.3 Å². The molecule has 2 aliphatic rings. The number of hydrogen-bond acceptors (Lipinski definition) is 6. The summed E-state index contributed by atoms with van der Waals surface area (Å²) in [5.41, 5.74) is 2.04. The first kappa shape index (κ1) is 22.0. The molecule has 0 bridgehead atoms. The number of nitrogens with zero attached hydrogens (tertiary/aromatic N) is 5. The Hall–Kier alpha value is -2.80. The Bertz CT molecular complexity index is 1140. The van der Waals surface area contributed by atoms with Crippen molar-refractivity contribution in [2.24, 2.45) is 0 Å². The summed E-state index contributed by atoms with van der Waals surface area (Å²) in [5.74, 6) is 2.39.